The number of ether oxygens (including phenoxy) is 1. The van der Waals surface area contributed by atoms with Crippen LogP contribution in [0.15, 0.2) is 23.1 Å². The van der Waals surface area contributed by atoms with Crippen LogP contribution in [0.4, 0.5) is 0 Å². The summed E-state index contributed by atoms with van der Waals surface area (Å²) in [7, 11) is 0. The van der Waals surface area contributed by atoms with E-state index >= 15 is 0 Å². The van der Waals surface area contributed by atoms with Gasteiger partial charge in [0.2, 0.25) is 0 Å². The fourth-order valence-corrected chi connectivity index (χ4v) is 1.61. The van der Waals surface area contributed by atoms with Crippen LogP contribution in [0, 0.1) is 6.61 Å². The molecule has 1 aromatic rings. The third-order valence-corrected chi connectivity index (χ3v) is 2.37. The summed E-state index contributed by atoms with van der Waals surface area (Å²) in [5.74, 6) is 0.798. The van der Waals surface area contributed by atoms with Gasteiger partial charge in [-0.25, -0.2) is 0 Å². The van der Waals surface area contributed by atoms with E-state index < -0.39 is 0 Å². The van der Waals surface area contributed by atoms with Gasteiger partial charge in [-0.2, -0.15) is 0 Å². The van der Waals surface area contributed by atoms with Crippen molar-refractivity contribution in [2.24, 2.45) is 0 Å². The topological polar surface area (TPSA) is 29.5 Å². The Balaban J connectivity index is 2.92. The summed E-state index contributed by atoms with van der Waals surface area (Å²) < 4.78 is 5.55. The van der Waals surface area contributed by atoms with Crippen molar-refractivity contribution in [1.82, 2.24) is 0 Å². The molecule has 77 valence electrons. The lowest BCUT2D eigenvalue weighted by molar-refractivity contribution is 0.241. The Hall–Kier alpha value is -0.670. The number of thioether (sulfide) groups is 1. The molecule has 0 saturated carbocycles. The largest absolute Gasteiger partial charge is 0.491 e. The lowest BCUT2D eigenvalue weighted by atomic mass is 10.2. The van der Waals surface area contributed by atoms with Crippen LogP contribution in [0.5, 0.6) is 5.75 Å². The molecule has 14 heavy (non-hydrogen) atoms. The smallest absolute Gasteiger partial charge is 0.121 e. The van der Waals surface area contributed by atoms with Crippen molar-refractivity contribution in [3.05, 3.63) is 30.4 Å². The van der Waals surface area contributed by atoms with Gasteiger partial charge >= 0.3 is 0 Å². The summed E-state index contributed by atoms with van der Waals surface area (Å²) in [6.07, 6.45) is 2.15. The quantitative estimate of drug-likeness (QED) is 0.776. The highest BCUT2D eigenvalue weighted by Gasteiger charge is 2.02. The van der Waals surface area contributed by atoms with Crippen LogP contribution in [0.25, 0.3) is 0 Å². The standard InChI is InChI=1S/C11H15O2S/c1-8(2)13-10-4-9(7-12)5-11(6-10)14-3/h4-8,12H,1-3H3. The van der Waals surface area contributed by atoms with E-state index in [-0.39, 0.29) is 6.10 Å². The van der Waals surface area contributed by atoms with Crippen molar-refractivity contribution < 1.29 is 9.84 Å². The summed E-state index contributed by atoms with van der Waals surface area (Å²) >= 11 is 1.63. The van der Waals surface area contributed by atoms with Crippen LogP contribution in [0.1, 0.15) is 19.4 Å². The van der Waals surface area contributed by atoms with Gasteiger partial charge in [-0.15, -0.1) is 11.8 Å². The van der Waals surface area contributed by atoms with E-state index in [2.05, 4.69) is 0 Å². The molecule has 0 bridgehead atoms. The third-order valence-electron chi connectivity index (χ3n) is 1.66. The molecule has 2 nitrogen and oxygen atoms in total. The van der Waals surface area contributed by atoms with E-state index in [0.29, 0.717) is 0 Å². The second-order valence-electron chi connectivity index (χ2n) is 3.24. The van der Waals surface area contributed by atoms with Crippen molar-refractivity contribution in [3.8, 4) is 5.75 Å². The maximum atomic E-state index is 8.93. The normalized spacial score (nSPS) is 10.6. The highest BCUT2D eigenvalue weighted by molar-refractivity contribution is 7.98. The summed E-state index contributed by atoms with van der Waals surface area (Å²) in [4.78, 5) is 1.09. The lowest BCUT2D eigenvalue weighted by Crippen LogP contribution is -2.05. The Kier molecular flexibility index (Phi) is 4.29. The van der Waals surface area contributed by atoms with Crippen LogP contribution in [-0.4, -0.2) is 17.5 Å². The molecule has 0 unspecified atom stereocenters. The van der Waals surface area contributed by atoms with Gasteiger partial charge in [-0.3, -0.25) is 0 Å². The zero-order valence-electron chi connectivity index (χ0n) is 8.65. The van der Waals surface area contributed by atoms with Gasteiger partial charge in [-0.05, 0) is 43.9 Å². The van der Waals surface area contributed by atoms with E-state index in [4.69, 9.17) is 9.84 Å². The Morgan fingerprint density at radius 1 is 1.36 bits per heavy atom. The minimum Gasteiger partial charge on any atom is -0.491 e. The van der Waals surface area contributed by atoms with E-state index in [0.717, 1.165) is 22.8 Å². The average molecular weight is 211 g/mol. The van der Waals surface area contributed by atoms with Crippen molar-refractivity contribution in [2.75, 3.05) is 6.26 Å². The van der Waals surface area contributed by atoms with Crippen LogP contribution >= 0.6 is 11.8 Å². The van der Waals surface area contributed by atoms with Gasteiger partial charge in [0.15, 0.2) is 0 Å². The van der Waals surface area contributed by atoms with Crippen LogP contribution in [0.3, 0.4) is 0 Å². The number of hydrogen-bond acceptors (Lipinski definition) is 3. The number of aliphatic hydroxyl groups excluding tert-OH is 1. The van der Waals surface area contributed by atoms with Gasteiger partial charge < -0.3 is 9.84 Å². The highest BCUT2D eigenvalue weighted by Crippen LogP contribution is 2.24. The molecule has 0 saturated heterocycles. The summed E-state index contributed by atoms with van der Waals surface area (Å²) in [6, 6.07) is 5.70. The molecule has 0 heterocycles. The van der Waals surface area contributed by atoms with Gasteiger partial charge in [0.05, 0.1) is 6.10 Å². The van der Waals surface area contributed by atoms with Crippen LogP contribution < -0.4 is 4.74 Å². The molecule has 0 amide bonds. The fourth-order valence-electron chi connectivity index (χ4n) is 1.13. The first-order valence-corrected chi connectivity index (χ1v) is 5.71. The monoisotopic (exact) mass is 211 g/mol. The Bertz CT molecular complexity index is 275. The van der Waals surface area contributed by atoms with Crippen molar-refractivity contribution in [2.45, 2.75) is 24.8 Å². The van der Waals surface area contributed by atoms with E-state index in [1.807, 2.05) is 38.3 Å². The zero-order chi connectivity index (χ0) is 10.6. The Morgan fingerprint density at radius 2 is 2.07 bits per heavy atom. The molecule has 0 aliphatic rings. The van der Waals surface area contributed by atoms with Crippen molar-refractivity contribution >= 4 is 11.8 Å². The molecular formula is C11H15O2S. The Morgan fingerprint density at radius 3 is 2.57 bits per heavy atom. The molecule has 1 aromatic carbocycles. The number of rotatable bonds is 4. The Labute approximate surface area is 89.3 Å². The molecule has 0 aliphatic carbocycles. The average Bonchev–Trinajstić information content (AvgIpc) is 2.16. The van der Waals surface area contributed by atoms with Gasteiger partial charge in [0, 0.05) is 4.90 Å². The van der Waals surface area contributed by atoms with E-state index in [1.165, 1.54) is 0 Å². The van der Waals surface area contributed by atoms with Crippen LogP contribution in [-0.2, 0) is 0 Å². The fraction of sp³-hybridized carbons (Fsp3) is 0.364. The molecule has 1 N–H and O–H groups in total. The number of aliphatic hydroxyl groups is 1. The maximum absolute atomic E-state index is 8.93. The molecule has 3 heteroatoms. The summed E-state index contributed by atoms with van der Waals surface area (Å²) in [6.45, 7) is 5.05. The zero-order valence-corrected chi connectivity index (χ0v) is 9.47. The SMILES string of the molecule is CSc1cc([CH]O)cc(OC(C)C)c1. The van der Waals surface area contributed by atoms with E-state index in [9.17, 15) is 0 Å². The van der Waals surface area contributed by atoms with Crippen molar-refractivity contribution in [1.29, 1.82) is 0 Å². The first-order chi connectivity index (χ1) is 6.65. The van der Waals surface area contributed by atoms with Gasteiger partial charge in [0.1, 0.15) is 12.4 Å². The van der Waals surface area contributed by atoms with Crippen LogP contribution in [0.2, 0.25) is 0 Å². The third kappa shape index (κ3) is 3.24. The van der Waals surface area contributed by atoms with Gasteiger partial charge in [-0.1, -0.05) is 0 Å². The predicted molar refractivity (Wildman–Crippen MR) is 59.3 cm³/mol. The predicted octanol–water partition coefficient (Wildman–Crippen LogP) is 3.08. The molecule has 0 atom stereocenters. The first-order valence-electron chi connectivity index (χ1n) is 4.49. The number of hydrogen-bond donors (Lipinski definition) is 1. The molecule has 0 spiro atoms. The van der Waals surface area contributed by atoms with Gasteiger partial charge in [0.25, 0.3) is 0 Å². The minimum absolute atomic E-state index is 0.152. The molecular weight excluding hydrogens is 196 g/mol. The van der Waals surface area contributed by atoms with E-state index in [1.54, 1.807) is 11.8 Å². The highest BCUT2D eigenvalue weighted by atomic mass is 32.2. The second kappa shape index (κ2) is 5.27. The molecule has 0 fully saturated rings. The maximum Gasteiger partial charge on any atom is 0.121 e. The second-order valence-corrected chi connectivity index (χ2v) is 4.12. The molecule has 0 aliphatic heterocycles. The van der Waals surface area contributed by atoms with Crippen molar-refractivity contribution in [3.63, 3.8) is 0 Å². The minimum atomic E-state index is 0.152. The summed E-state index contributed by atoms with van der Waals surface area (Å²) in [5.41, 5.74) is 0.771. The summed E-state index contributed by atoms with van der Waals surface area (Å²) in [5, 5.41) is 8.93. The molecule has 1 rings (SSSR count). The number of benzene rings is 1. The lowest BCUT2D eigenvalue weighted by Gasteiger charge is -2.11. The molecule has 0 aromatic heterocycles. The molecule has 1 radical (unpaired) electrons. The first kappa shape index (κ1) is 11.4.